The zero-order chi connectivity index (χ0) is 14.4. The molecule has 1 aromatic heterocycles. The van der Waals surface area contributed by atoms with Crippen LogP contribution in [0.2, 0.25) is 0 Å². The molecule has 0 unspecified atom stereocenters. The van der Waals surface area contributed by atoms with Crippen LogP contribution in [-0.4, -0.2) is 29.1 Å². The second-order valence-corrected chi connectivity index (χ2v) is 3.91. The zero-order valence-electron chi connectivity index (χ0n) is 11.1. The highest BCUT2D eigenvalue weighted by Crippen LogP contribution is 2.13. The number of hydrogen-bond acceptors (Lipinski definition) is 4. The van der Waals surface area contributed by atoms with Crippen LogP contribution in [0.1, 0.15) is 19.4 Å². The van der Waals surface area contributed by atoms with Gasteiger partial charge in [0.05, 0.1) is 7.11 Å². The molecule has 0 fully saturated rings. The summed E-state index contributed by atoms with van der Waals surface area (Å²) < 4.78 is 5.06. The Balaban J connectivity index is 2.75. The Hall–Kier alpha value is -2.37. The summed E-state index contributed by atoms with van der Waals surface area (Å²) in [4.78, 5) is 26.5. The summed E-state index contributed by atoms with van der Waals surface area (Å²) in [5.41, 5.74) is 0.921. The van der Waals surface area contributed by atoms with E-state index in [2.05, 4.69) is 10.3 Å². The number of amides is 1. The van der Waals surface area contributed by atoms with Crippen LogP contribution in [0, 0.1) is 0 Å². The van der Waals surface area contributed by atoms with Gasteiger partial charge in [-0.3, -0.25) is 4.79 Å². The molecule has 0 radical (unpaired) electrons. The molecule has 0 aliphatic heterocycles. The van der Waals surface area contributed by atoms with Gasteiger partial charge in [-0.25, -0.2) is 9.78 Å². The second-order valence-electron chi connectivity index (χ2n) is 3.91. The Morgan fingerprint density at radius 1 is 1.37 bits per heavy atom. The molecule has 0 aromatic carbocycles. The molecular weight excluding hydrogens is 248 g/mol. The maximum Gasteiger partial charge on any atom is 0.331 e. The van der Waals surface area contributed by atoms with E-state index in [-0.39, 0.29) is 17.7 Å². The fraction of sp³-hybridized carbons (Fsp3) is 0.308. The van der Waals surface area contributed by atoms with Gasteiger partial charge in [0, 0.05) is 29.5 Å². The summed E-state index contributed by atoms with van der Waals surface area (Å²) in [6.45, 7) is 3.08. The lowest BCUT2D eigenvalue weighted by Gasteiger charge is -2.09. The zero-order valence-corrected chi connectivity index (χ0v) is 11.1. The van der Waals surface area contributed by atoms with Crippen molar-refractivity contribution in [1.82, 2.24) is 10.3 Å². The highest BCUT2D eigenvalue weighted by molar-refractivity contribution is 6.01. The van der Waals surface area contributed by atoms with Crippen LogP contribution in [0.15, 0.2) is 29.5 Å². The smallest absolute Gasteiger partial charge is 0.331 e. The Labute approximate surface area is 111 Å². The number of carboxylic acid groups (broad SMARTS) is 1. The van der Waals surface area contributed by atoms with Crippen molar-refractivity contribution in [3.05, 3.63) is 35.0 Å². The lowest BCUT2D eigenvalue weighted by molar-refractivity contribution is -0.133. The van der Waals surface area contributed by atoms with Crippen LogP contribution >= 0.6 is 0 Å². The fourth-order valence-electron chi connectivity index (χ4n) is 1.38. The highest BCUT2D eigenvalue weighted by atomic mass is 16.5. The molecule has 6 heteroatoms. The number of hydrogen-bond donors (Lipinski definition) is 2. The standard InChI is InChI=1S/C13H16N2O4/c1-8(9(2)13(17)18)11(16)15-7-10-5-4-6-14-12(10)19-3/h4-6H,7H2,1-3H3,(H,15,16)(H,17,18)/b9-8-. The first-order chi connectivity index (χ1) is 8.97. The van der Waals surface area contributed by atoms with E-state index in [0.717, 1.165) is 5.56 Å². The SMILES string of the molecule is COc1ncccc1CNC(=O)/C(C)=C(/C)C(=O)O. The minimum atomic E-state index is -1.10. The molecule has 102 valence electrons. The van der Waals surface area contributed by atoms with Gasteiger partial charge in [0.2, 0.25) is 11.8 Å². The summed E-state index contributed by atoms with van der Waals surface area (Å²) >= 11 is 0. The van der Waals surface area contributed by atoms with E-state index in [0.29, 0.717) is 5.88 Å². The molecule has 1 amide bonds. The van der Waals surface area contributed by atoms with E-state index in [1.165, 1.54) is 21.0 Å². The van der Waals surface area contributed by atoms with Crippen molar-refractivity contribution in [3.8, 4) is 5.88 Å². The molecule has 0 aliphatic rings. The van der Waals surface area contributed by atoms with Crippen molar-refractivity contribution < 1.29 is 19.4 Å². The number of aromatic nitrogens is 1. The van der Waals surface area contributed by atoms with Crippen molar-refractivity contribution in [2.75, 3.05) is 7.11 Å². The minimum Gasteiger partial charge on any atom is -0.481 e. The first-order valence-corrected chi connectivity index (χ1v) is 5.64. The molecule has 0 atom stereocenters. The van der Waals surface area contributed by atoms with Gasteiger partial charge in [-0.05, 0) is 19.9 Å². The molecular formula is C13H16N2O4. The van der Waals surface area contributed by atoms with Crippen molar-refractivity contribution in [2.45, 2.75) is 20.4 Å². The first-order valence-electron chi connectivity index (χ1n) is 5.64. The average molecular weight is 264 g/mol. The monoisotopic (exact) mass is 264 g/mol. The molecule has 0 aliphatic carbocycles. The number of methoxy groups -OCH3 is 1. The van der Waals surface area contributed by atoms with Crippen molar-refractivity contribution in [2.24, 2.45) is 0 Å². The maximum atomic E-state index is 11.8. The number of carbonyl (C=O) groups is 2. The number of pyridine rings is 1. The van der Waals surface area contributed by atoms with E-state index in [1.54, 1.807) is 18.3 Å². The number of nitrogens with zero attached hydrogens (tertiary/aromatic N) is 1. The number of aliphatic carboxylic acids is 1. The van der Waals surface area contributed by atoms with Crippen LogP contribution in [0.25, 0.3) is 0 Å². The molecule has 0 saturated heterocycles. The van der Waals surface area contributed by atoms with E-state index >= 15 is 0 Å². The number of nitrogens with one attached hydrogen (secondary N) is 1. The van der Waals surface area contributed by atoms with Crippen LogP contribution in [0.5, 0.6) is 5.88 Å². The van der Waals surface area contributed by atoms with Gasteiger partial charge in [-0.2, -0.15) is 0 Å². The summed E-state index contributed by atoms with van der Waals surface area (Å²) in [6.07, 6.45) is 1.59. The molecule has 6 nitrogen and oxygen atoms in total. The highest BCUT2D eigenvalue weighted by Gasteiger charge is 2.13. The molecule has 1 aromatic rings. The third kappa shape index (κ3) is 3.80. The van der Waals surface area contributed by atoms with E-state index in [4.69, 9.17) is 9.84 Å². The Morgan fingerprint density at radius 2 is 2.05 bits per heavy atom. The fourth-order valence-corrected chi connectivity index (χ4v) is 1.38. The average Bonchev–Trinajstić information content (AvgIpc) is 2.43. The Morgan fingerprint density at radius 3 is 2.63 bits per heavy atom. The van der Waals surface area contributed by atoms with Gasteiger partial charge in [0.25, 0.3) is 0 Å². The van der Waals surface area contributed by atoms with Crippen LogP contribution < -0.4 is 10.1 Å². The third-order valence-corrected chi connectivity index (χ3v) is 2.71. The number of carbonyl (C=O) groups excluding carboxylic acids is 1. The predicted molar refractivity (Wildman–Crippen MR) is 68.6 cm³/mol. The topological polar surface area (TPSA) is 88.5 Å². The minimum absolute atomic E-state index is 0.0238. The van der Waals surface area contributed by atoms with Gasteiger partial charge in [0.1, 0.15) is 0 Å². The largest absolute Gasteiger partial charge is 0.481 e. The molecule has 1 rings (SSSR count). The molecule has 2 N–H and O–H groups in total. The Kier molecular flexibility index (Phi) is 5.05. The normalized spacial score (nSPS) is 11.5. The number of rotatable bonds is 5. The van der Waals surface area contributed by atoms with Gasteiger partial charge >= 0.3 is 5.97 Å². The molecule has 0 spiro atoms. The van der Waals surface area contributed by atoms with Crippen LogP contribution in [0.4, 0.5) is 0 Å². The number of carboxylic acids is 1. The molecule has 0 bridgehead atoms. The summed E-state index contributed by atoms with van der Waals surface area (Å²) in [6, 6.07) is 3.50. The van der Waals surface area contributed by atoms with Gasteiger partial charge in [-0.15, -0.1) is 0 Å². The lowest BCUT2D eigenvalue weighted by atomic mass is 10.1. The summed E-state index contributed by atoms with van der Waals surface area (Å²) in [5.74, 6) is -1.10. The molecule has 0 saturated carbocycles. The third-order valence-electron chi connectivity index (χ3n) is 2.71. The lowest BCUT2D eigenvalue weighted by Crippen LogP contribution is -2.25. The van der Waals surface area contributed by atoms with Crippen molar-refractivity contribution in [1.29, 1.82) is 0 Å². The molecule has 19 heavy (non-hydrogen) atoms. The maximum absolute atomic E-state index is 11.8. The quantitative estimate of drug-likeness (QED) is 0.778. The van der Waals surface area contributed by atoms with Gasteiger partial charge < -0.3 is 15.2 Å². The van der Waals surface area contributed by atoms with Crippen molar-refractivity contribution >= 4 is 11.9 Å². The predicted octanol–water partition coefficient (Wildman–Crippen LogP) is 1.13. The van der Waals surface area contributed by atoms with E-state index in [9.17, 15) is 9.59 Å². The second kappa shape index (κ2) is 6.53. The van der Waals surface area contributed by atoms with Crippen LogP contribution in [-0.2, 0) is 16.1 Å². The van der Waals surface area contributed by atoms with Crippen molar-refractivity contribution in [3.63, 3.8) is 0 Å². The summed E-state index contributed by atoms with van der Waals surface area (Å²) in [7, 11) is 1.49. The molecule has 1 heterocycles. The van der Waals surface area contributed by atoms with Gasteiger partial charge in [-0.1, -0.05) is 6.07 Å². The van der Waals surface area contributed by atoms with E-state index < -0.39 is 11.9 Å². The Bertz CT molecular complexity index is 523. The number of ether oxygens (including phenoxy) is 1. The van der Waals surface area contributed by atoms with E-state index in [1.807, 2.05) is 0 Å². The summed E-state index contributed by atoms with van der Waals surface area (Å²) in [5, 5.41) is 11.4. The van der Waals surface area contributed by atoms with Gasteiger partial charge in [0.15, 0.2) is 0 Å². The first kappa shape index (κ1) is 14.7. The van der Waals surface area contributed by atoms with Crippen LogP contribution in [0.3, 0.4) is 0 Å².